The van der Waals surface area contributed by atoms with Crippen LogP contribution in [0.4, 0.5) is 23.1 Å². The van der Waals surface area contributed by atoms with Gasteiger partial charge in [-0.05, 0) is 119 Å². The summed E-state index contributed by atoms with van der Waals surface area (Å²) in [6, 6.07) is 20.8. The van der Waals surface area contributed by atoms with Gasteiger partial charge in [0, 0.05) is 73.7 Å². The highest BCUT2D eigenvalue weighted by atomic mass is 16.3. The maximum atomic E-state index is 12.5. The fourth-order valence-electron chi connectivity index (χ4n) is 10.2. The second-order valence-corrected chi connectivity index (χ2v) is 16.5. The predicted molar refractivity (Wildman–Crippen MR) is 217 cm³/mol. The van der Waals surface area contributed by atoms with Gasteiger partial charge in [-0.15, -0.1) is 10.2 Å². The van der Waals surface area contributed by atoms with Crippen molar-refractivity contribution in [3.63, 3.8) is 0 Å². The van der Waals surface area contributed by atoms with Crippen LogP contribution in [0.5, 0.6) is 5.75 Å². The SMILES string of the molecule is CN(c1cccc(C2CCC(N3CCC(c4ccnc(N5[C@@H]6CC[C@H]5CN(c5cc(-c7ccccc7O)nnc5N)C6)n4)CC3)CC2)c1)[C@@H]1CCC(=O)NC1=O. The van der Waals surface area contributed by atoms with Gasteiger partial charge in [0.1, 0.15) is 11.8 Å². The molecule has 4 saturated heterocycles. The summed E-state index contributed by atoms with van der Waals surface area (Å²) in [4.78, 5) is 43.8. The number of imide groups is 1. The summed E-state index contributed by atoms with van der Waals surface area (Å²) < 4.78 is 0. The lowest BCUT2D eigenvalue weighted by molar-refractivity contribution is -0.134. The van der Waals surface area contributed by atoms with Crippen molar-refractivity contribution in [2.24, 2.45) is 0 Å². The standard InChI is InChI=1S/C43H52N10O3/c1-50(37-15-16-40(55)47-42(37)56)31-6-4-5-29(23-31)27-9-11-30(12-10-27)51-21-18-28(19-22-51)35-17-20-45-43(46-35)53-32-13-14-33(53)26-52(25-32)38-24-36(48-49-41(38)44)34-7-2-3-8-39(34)54/h2-8,17,20,23-24,27-28,30,32-33,37,54H,9-16,18-19,21-22,25-26H2,1H3,(H2,44,49)(H,47,55,56)/t27?,30?,32-,33+,37-/m1/s1. The zero-order valence-electron chi connectivity index (χ0n) is 32.1. The number of carbonyl (C=O) groups excluding carboxylic acids is 2. The van der Waals surface area contributed by atoms with E-state index in [1.54, 1.807) is 12.1 Å². The molecular formula is C43H52N10O3. The Bertz CT molecular complexity index is 2070. The Balaban J connectivity index is 0.792. The van der Waals surface area contributed by atoms with Crippen molar-refractivity contribution in [1.29, 1.82) is 0 Å². The van der Waals surface area contributed by atoms with E-state index < -0.39 is 0 Å². The van der Waals surface area contributed by atoms with Crippen LogP contribution < -0.4 is 25.8 Å². The summed E-state index contributed by atoms with van der Waals surface area (Å²) in [5, 5.41) is 21.5. The van der Waals surface area contributed by atoms with E-state index in [0.717, 1.165) is 74.9 Å². The molecule has 2 aromatic carbocycles. The highest BCUT2D eigenvalue weighted by Crippen LogP contribution is 2.41. The number of fused-ring (bicyclic) bond motifs is 2. The first kappa shape index (κ1) is 36.3. The second kappa shape index (κ2) is 15.3. The summed E-state index contributed by atoms with van der Waals surface area (Å²) >= 11 is 0. The number of phenols is 1. The highest BCUT2D eigenvalue weighted by molar-refractivity contribution is 6.01. The van der Waals surface area contributed by atoms with Gasteiger partial charge >= 0.3 is 0 Å². The number of carbonyl (C=O) groups is 2. The molecule has 0 spiro atoms. The number of hydrogen-bond donors (Lipinski definition) is 3. The van der Waals surface area contributed by atoms with E-state index in [1.807, 2.05) is 36.3 Å². The van der Waals surface area contributed by atoms with Crippen LogP contribution in [-0.4, -0.2) is 99.4 Å². The van der Waals surface area contributed by atoms with Crippen LogP contribution in [-0.2, 0) is 9.59 Å². The molecule has 3 atom stereocenters. The minimum Gasteiger partial charge on any atom is -0.507 e. The van der Waals surface area contributed by atoms with E-state index in [0.29, 0.717) is 47.8 Å². The first-order valence-corrected chi connectivity index (χ1v) is 20.5. The fraction of sp³-hybridized carbons (Fsp3) is 0.488. The summed E-state index contributed by atoms with van der Waals surface area (Å²) in [5.74, 6) is 1.99. The van der Waals surface area contributed by atoms with Crippen LogP contribution in [0.2, 0.25) is 0 Å². The molecule has 292 valence electrons. The molecule has 2 amide bonds. The van der Waals surface area contributed by atoms with Crippen LogP contribution in [0.3, 0.4) is 0 Å². The summed E-state index contributed by atoms with van der Waals surface area (Å²) in [6.45, 7) is 3.79. The van der Waals surface area contributed by atoms with Crippen molar-refractivity contribution < 1.29 is 14.7 Å². The number of hydrogen-bond acceptors (Lipinski definition) is 12. The van der Waals surface area contributed by atoms with E-state index >= 15 is 0 Å². The zero-order chi connectivity index (χ0) is 38.3. The van der Waals surface area contributed by atoms with Crippen molar-refractivity contribution in [3.05, 3.63) is 78.1 Å². The molecule has 4 aromatic rings. The molecule has 1 saturated carbocycles. The highest BCUT2D eigenvalue weighted by Gasteiger charge is 2.42. The Hall–Kier alpha value is -5.30. The van der Waals surface area contributed by atoms with Crippen molar-refractivity contribution >= 4 is 35.0 Å². The number of piperazine rings is 1. The van der Waals surface area contributed by atoms with Gasteiger partial charge in [-0.2, -0.15) is 0 Å². The maximum absolute atomic E-state index is 12.5. The van der Waals surface area contributed by atoms with Gasteiger partial charge in [0.2, 0.25) is 17.8 Å². The van der Waals surface area contributed by atoms with E-state index in [4.69, 9.17) is 15.7 Å². The normalized spacial score (nSPS) is 26.0. The summed E-state index contributed by atoms with van der Waals surface area (Å²) in [6.07, 6.45) is 12.0. The van der Waals surface area contributed by atoms with Crippen LogP contribution in [0, 0.1) is 0 Å². The number of likely N-dealkylation sites (N-methyl/N-ethyl adjacent to an activating group) is 1. The van der Waals surface area contributed by atoms with Crippen LogP contribution in [0.25, 0.3) is 11.3 Å². The Morgan fingerprint density at radius 3 is 2.32 bits per heavy atom. The largest absolute Gasteiger partial charge is 0.507 e. The predicted octanol–water partition coefficient (Wildman–Crippen LogP) is 5.23. The molecule has 4 N–H and O–H groups in total. The number of aromatic nitrogens is 4. The van der Waals surface area contributed by atoms with E-state index in [9.17, 15) is 14.7 Å². The third kappa shape index (κ3) is 7.13. The minimum absolute atomic E-state index is 0.172. The number of benzene rings is 2. The number of likely N-dealkylation sites (tertiary alicyclic amines) is 1. The monoisotopic (exact) mass is 756 g/mol. The topological polar surface area (TPSA) is 157 Å². The lowest BCUT2D eigenvalue weighted by Crippen LogP contribution is -2.54. The molecule has 5 fully saturated rings. The Labute approximate surface area is 328 Å². The Morgan fingerprint density at radius 1 is 0.821 bits per heavy atom. The van der Waals surface area contributed by atoms with Gasteiger partial charge < -0.3 is 30.4 Å². The number of amides is 2. The number of para-hydroxylation sites is 1. The molecule has 56 heavy (non-hydrogen) atoms. The van der Waals surface area contributed by atoms with Gasteiger partial charge in [-0.1, -0.05) is 24.3 Å². The van der Waals surface area contributed by atoms with Gasteiger partial charge in [0.25, 0.3) is 0 Å². The molecule has 13 heteroatoms. The summed E-state index contributed by atoms with van der Waals surface area (Å²) in [5.41, 5.74) is 12.0. The van der Waals surface area contributed by atoms with Gasteiger partial charge in [0.05, 0.1) is 11.4 Å². The number of nitrogens with one attached hydrogen (secondary N) is 1. The smallest absolute Gasteiger partial charge is 0.249 e. The Kier molecular flexibility index (Phi) is 9.95. The van der Waals surface area contributed by atoms with Crippen LogP contribution in [0.1, 0.15) is 87.3 Å². The van der Waals surface area contributed by atoms with Crippen molar-refractivity contribution in [1.82, 2.24) is 30.4 Å². The van der Waals surface area contributed by atoms with Crippen molar-refractivity contribution in [2.45, 2.75) is 100 Å². The molecular weight excluding hydrogens is 705 g/mol. The summed E-state index contributed by atoms with van der Waals surface area (Å²) in [7, 11) is 1.96. The average molecular weight is 757 g/mol. The molecule has 2 aromatic heterocycles. The lowest BCUT2D eigenvalue weighted by Gasteiger charge is -2.42. The number of nitrogen functional groups attached to an aromatic ring is 1. The number of phenolic OH excluding ortho intramolecular Hbond substituents is 1. The van der Waals surface area contributed by atoms with E-state index in [2.05, 4.69) is 60.5 Å². The first-order chi connectivity index (χ1) is 27.3. The number of rotatable bonds is 8. The quantitative estimate of drug-likeness (QED) is 0.202. The number of aromatic hydroxyl groups is 1. The van der Waals surface area contributed by atoms with Crippen LogP contribution >= 0.6 is 0 Å². The van der Waals surface area contributed by atoms with Crippen molar-refractivity contribution in [2.75, 3.05) is 53.7 Å². The number of anilines is 4. The molecule has 0 radical (unpaired) electrons. The van der Waals surface area contributed by atoms with Crippen LogP contribution in [0.15, 0.2) is 66.9 Å². The number of piperidine rings is 2. The lowest BCUT2D eigenvalue weighted by atomic mass is 9.80. The number of nitrogens with two attached hydrogens (primary N) is 1. The molecule has 1 aliphatic carbocycles. The minimum atomic E-state index is -0.314. The Morgan fingerprint density at radius 2 is 1.57 bits per heavy atom. The zero-order valence-corrected chi connectivity index (χ0v) is 32.1. The van der Waals surface area contributed by atoms with Gasteiger partial charge in [-0.3, -0.25) is 14.9 Å². The first-order valence-electron chi connectivity index (χ1n) is 20.5. The molecule has 13 nitrogen and oxygen atoms in total. The molecule has 5 aliphatic rings. The van der Waals surface area contributed by atoms with Gasteiger partial charge in [0.15, 0.2) is 5.82 Å². The second-order valence-electron chi connectivity index (χ2n) is 16.5. The molecule has 4 aliphatic heterocycles. The molecule has 2 bridgehead atoms. The molecule has 9 rings (SSSR count). The maximum Gasteiger partial charge on any atom is 0.249 e. The van der Waals surface area contributed by atoms with Crippen molar-refractivity contribution in [3.8, 4) is 17.0 Å². The third-order valence-corrected chi connectivity index (χ3v) is 13.3. The third-order valence-electron chi connectivity index (χ3n) is 13.3. The molecule has 0 unspecified atom stereocenters. The van der Waals surface area contributed by atoms with E-state index in [1.165, 1.54) is 31.2 Å². The number of nitrogens with zero attached hydrogens (tertiary/aromatic N) is 8. The molecule has 6 heterocycles. The van der Waals surface area contributed by atoms with Gasteiger partial charge in [-0.25, -0.2) is 9.97 Å². The van der Waals surface area contributed by atoms with E-state index in [-0.39, 0.29) is 35.7 Å². The average Bonchev–Trinajstić information content (AvgIpc) is 3.50. The fourth-order valence-corrected chi connectivity index (χ4v) is 10.2.